The lowest BCUT2D eigenvalue weighted by molar-refractivity contribution is 0.133. The van der Waals surface area contributed by atoms with E-state index >= 15 is 0 Å². The Balaban J connectivity index is 1.97. The van der Waals surface area contributed by atoms with Crippen molar-refractivity contribution in [3.05, 3.63) is 47.2 Å². The number of aromatic nitrogens is 2. The number of pyridine rings is 1. The van der Waals surface area contributed by atoms with E-state index in [-0.39, 0.29) is 5.88 Å². The summed E-state index contributed by atoms with van der Waals surface area (Å²) in [5.41, 5.74) is 4.61. The summed E-state index contributed by atoms with van der Waals surface area (Å²) < 4.78 is 5.37. The van der Waals surface area contributed by atoms with E-state index in [2.05, 4.69) is 16.0 Å². The number of nitrogens with one attached hydrogen (secondary N) is 1. The molecule has 4 rings (SSSR count). The first-order chi connectivity index (χ1) is 10.3. The van der Waals surface area contributed by atoms with Crippen LogP contribution in [0.25, 0.3) is 22.2 Å². The second kappa shape index (κ2) is 4.33. The van der Waals surface area contributed by atoms with Crippen LogP contribution >= 0.6 is 0 Å². The van der Waals surface area contributed by atoms with Gasteiger partial charge in [0.1, 0.15) is 0 Å². The average Bonchev–Trinajstić information content (AvgIpc) is 3.08. The molecule has 21 heavy (non-hydrogen) atoms. The Morgan fingerprint density at radius 1 is 1.24 bits per heavy atom. The maximum atomic E-state index is 10.2. The molecular weight excluding hydrogens is 266 g/mol. The zero-order chi connectivity index (χ0) is 14.4. The quantitative estimate of drug-likeness (QED) is 0.716. The van der Waals surface area contributed by atoms with E-state index in [1.165, 1.54) is 0 Å². The number of hydrogen-bond donors (Lipinski definition) is 2. The van der Waals surface area contributed by atoms with Gasteiger partial charge in [-0.3, -0.25) is 0 Å². The van der Waals surface area contributed by atoms with Gasteiger partial charge in [0.2, 0.25) is 0 Å². The zero-order valence-corrected chi connectivity index (χ0v) is 11.1. The number of H-pyrrole nitrogens is 1. The van der Waals surface area contributed by atoms with Crippen LogP contribution in [0, 0.1) is 11.3 Å². The minimum atomic E-state index is 0.0615. The Morgan fingerprint density at radius 3 is 3.00 bits per heavy atom. The van der Waals surface area contributed by atoms with Gasteiger partial charge in [-0.05, 0) is 24.3 Å². The topological polar surface area (TPSA) is 81.9 Å². The number of fused-ring (bicyclic) bond motifs is 2. The van der Waals surface area contributed by atoms with Crippen LogP contribution in [0.3, 0.4) is 0 Å². The van der Waals surface area contributed by atoms with Crippen LogP contribution in [0.4, 0.5) is 0 Å². The summed E-state index contributed by atoms with van der Waals surface area (Å²) in [6.45, 7) is 1.08. The molecule has 3 heterocycles. The van der Waals surface area contributed by atoms with Gasteiger partial charge in [-0.2, -0.15) is 5.26 Å². The van der Waals surface area contributed by atoms with Gasteiger partial charge in [0.05, 0.1) is 41.8 Å². The van der Waals surface area contributed by atoms with Gasteiger partial charge >= 0.3 is 0 Å². The van der Waals surface area contributed by atoms with Gasteiger partial charge in [0.15, 0.2) is 5.88 Å². The molecule has 0 spiro atoms. The summed E-state index contributed by atoms with van der Waals surface area (Å²) >= 11 is 0. The predicted molar refractivity (Wildman–Crippen MR) is 76.4 cm³/mol. The van der Waals surface area contributed by atoms with E-state index in [1.54, 1.807) is 18.2 Å². The third-order valence-electron chi connectivity index (χ3n) is 3.73. The summed E-state index contributed by atoms with van der Waals surface area (Å²) in [7, 11) is 0. The van der Waals surface area contributed by atoms with Gasteiger partial charge in [-0.15, -0.1) is 0 Å². The molecule has 0 saturated carbocycles. The third kappa shape index (κ3) is 1.77. The number of ether oxygens (including phenoxy) is 1. The SMILES string of the molecule is N#Cc1ccc2[nH]c(O)c(-c3ccc4c(n3)COC4)c2c1. The Bertz CT molecular complexity index is 906. The summed E-state index contributed by atoms with van der Waals surface area (Å²) in [6, 6.07) is 11.2. The van der Waals surface area contributed by atoms with Crippen molar-refractivity contribution >= 4 is 10.9 Å². The highest BCUT2D eigenvalue weighted by Crippen LogP contribution is 2.36. The van der Waals surface area contributed by atoms with E-state index in [1.807, 2.05) is 12.1 Å². The molecule has 0 atom stereocenters. The molecule has 0 aliphatic carbocycles. The van der Waals surface area contributed by atoms with Crippen molar-refractivity contribution in [1.29, 1.82) is 5.26 Å². The first-order valence-electron chi connectivity index (χ1n) is 6.58. The molecule has 0 amide bonds. The van der Waals surface area contributed by atoms with E-state index in [4.69, 9.17) is 10.00 Å². The van der Waals surface area contributed by atoms with Crippen LogP contribution in [0.1, 0.15) is 16.8 Å². The van der Waals surface area contributed by atoms with Crippen LogP contribution in [0.15, 0.2) is 30.3 Å². The number of benzene rings is 1. The average molecular weight is 277 g/mol. The molecule has 5 heteroatoms. The van der Waals surface area contributed by atoms with Crippen molar-refractivity contribution in [3.63, 3.8) is 0 Å². The van der Waals surface area contributed by atoms with Crippen molar-refractivity contribution in [3.8, 4) is 23.2 Å². The van der Waals surface area contributed by atoms with E-state index < -0.39 is 0 Å². The number of hydrogen-bond acceptors (Lipinski definition) is 4. The van der Waals surface area contributed by atoms with Crippen LogP contribution in [-0.4, -0.2) is 15.1 Å². The maximum Gasteiger partial charge on any atom is 0.199 e. The number of aromatic amines is 1. The molecule has 0 unspecified atom stereocenters. The van der Waals surface area contributed by atoms with E-state index in [9.17, 15) is 5.11 Å². The highest BCUT2D eigenvalue weighted by molar-refractivity contribution is 5.98. The maximum absolute atomic E-state index is 10.2. The smallest absolute Gasteiger partial charge is 0.199 e. The molecule has 1 aliphatic rings. The summed E-state index contributed by atoms with van der Waals surface area (Å²) in [5, 5.41) is 20.0. The predicted octanol–water partition coefficient (Wildman–Crippen LogP) is 2.84. The summed E-state index contributed by atoms with van der Waals surface area (Å²) in [6.07, 6.45) is 0. The monoisotopic (exact) mass is 277 g/mol. The number of nitriles is 1. The van der Waals surface area contributed by atoms with E-state index in [0.29, 0.717) is 30.0 Å². The molecule has 0 saturated heterocycles. The van der Waals surface area contributed by atoms with Crippen LogP contribution in [0.5, 0.6) is 5.88 Å². The van der Waals surface area contributed by atoms with Crippen LogP contribution < -0.4 is 0 Å². The van der Waals surface area contributed by atoms with Gasteiger partial charge < -0.3 is 14.8 Å². The number of aromatic hydroxyl groups is 1. The standard InChI is InChI=1S/C16H11N3O2/c17-6-9-1-3-12-11(5-9)15(16(20)19-12)13-4-2-10-7-21-8-14(10)18-13/h1-5,19-20H,7-8H2. The molecular formula is C16H11N3O2. The van der Waals surface area contributed by atoms with Gasteiger partial charge in [0.25, 0.3) is 0 Å². The lowest BCUT2D eigenvalue weighted by Gasteiger charge is -2.03. The van der Waals surface area contributed by atoms with Crippen LogP contribution in [-0.2, 0) is 18.0 Å². The Labute approximate surface area is 120 Å². The summed E-state index contributed by atoms with van der Waals surface area (Å²) in [4.78, 5) is 7.49. The zero-order valence-electron chi connectivity index (χ0n) is 11.1. The molecule has 5 nitrogen and oxygen atoms in total. The number of nitrogens with zero attached hydrogens (tertiary/aromatic N) is 2. The Hall–Kier alpha value is -2.84. The second-order valence-electron chi connectivity index (χ2n) is 5.02. The highest BCUT2D eigenvalue weighted by Gasteiger charge is 2.18. The van der Waals surface area contributed by atoms with Crippen molar-refractivity contribution in [1.82, 2.24) is 9.97 Å². The van der Waals surface area contributed by atoms with E-state index in [0.717, 1.165) is 22.2 Å². The third-order valence-corrected chi connectivity index (χ3v) is 3.73. The molecule has 2 aromatic heterocycles. The fourth-order valence-corrected chi connectivity index (χ4v) is 2.69. The largest absolute Gasteiger partial charge is 0.494 e. The fourth-order valence-electron chi connectivity index (χ4n) is 2.69. The minimum Gasteiger partial charge on any atom is -0.494 e. The first-order valence-corrected chi connectivity index (χ1v) is 6.58. The molecule has 0 radical (unpaired) electrons. The molecule has 2 N–H and O–H groups in total. The van der Waals surface area contributed by atoms with Gasteiger partial charge in [-0.25, -0.2) is 4.98 Å². The highest BCUT2D eigenvalue weighted by atomic mass is 16.5. The number of rotatable bonds is 1. The normalized spacial score (nSPS) is 13.3. The lowest BCUT2D eigenvalue weighted by Crippen LogP contribution is -1.91. The lowest BCUT2D eigenvalue weighted by atomic mass is 10.1. The minimum absolute atomic E-state index is 0.0615. The molecule has 3 aromatic rings. The van der Waals surface area contributed by atoms with Crippen molar-refractivity contribution in [2.24, 2.45) is 0 Å². The van der Waals surface area contributed by atoms with Crippen LogP contribution in [0.2, 0.25) is 0 Å². The first kappa shape index (κ1) is 11.9. The molecule has 0 fully saturated rings. The molecule has 102 valence electrons. The van der Waals surface area contributed by atoms with Gasteiger partial charge in [0, 0.05) is 16.5 Å². The van der Waals surface area contributed by atoms with Crippen molar-refractivity contribution < 1.29 is 9.84 Å². The molecule has 1 aliphatic heterocycles. The van der Waals surface area contributed by atoms with Crippen molar-refractivity contribution in [2.75, 3.05) is 0 Å². The molecule has 0 bridgehead atoms. The van der Waals surface area contributed by atoms with Gasteiger partial charge in [-0.1, -0.05) is 6.07 Å². The second-order valence-corrected chi connectivity index (χ2v) is 5.02. The molecule has 1 aromatic carbocycles. The van der Waals surface area contributed by atoms with Crippen molar-refractivity contribution in [2.45, 2.75) is 13.2 Å². The summed E-state index contributed by atoms with van der Waals surface area (Å²) in [5.74, 6) is 0.0615. The fraction of sp³-hybridized carbons (Fsp3) is 0.125. The Kier molecular flexibility index (Phi) is 2.46. The Morgan fingerprint density at radius 2 is 2.14 bits per heavy atom.